The van der Waals surface area contributed by atoms with Crippen LogP contribution in [0.25, 0.3) is 0 Å². The molecule has 0 spiro atoms. The third-order valence-electron chi connectivity index (χ3n) is 3.99. The molecule has 0 aliphatic rings. The molecule has 0 aromatic heterocycles. The highest BCUT2D eigenvalue weighted by Crippen LogP contribution is 2.37. The summed E-state index contributed by atoms with van der Waals surface area (Å²) >= 11 is 6.42. The quantitative estimate of drug-likeness (QED) is 0.518. The van der Waals surface area contributed by atoms with Crippen LogP contribution in [0.1, 0.15) is 31.4 Å². The van der Waals surface area contributed by atoms with Gasteiger partial charge in [0.1, 0.15) is 12.4 Å². The Kier molecular flexibility index (Phi) is 9.39. The Morgan fingerprint density at radius 2 is 1.81 bits per heavy atom. The van der Waals surface area contributed by atoms with Gasteiger partial charge in [0.15, 0.2) is 11.5 Å². The van der Waals surface area contributed by atoms with Gasteiger partial charge in [0.2, 0.25) is 0 Å². The second kappa shape index (κ2) is 11.8. The van der Waals surface area contributed by atoms with E-state index in [1.807, 2.05) is 19.1 Å². The van der Waals surface area contributed by atoms with Gasteiger partial charge in [0.25, 0.3) is 0 Å². The van der Waals surface area contributed by atoms with Crippen LogP contribution < -0.4 is 20.1 Å². The van der Waals surface area contributed by atoms with Gasteiger partial charge in [-0.3, -0.25) is 0 Å². The molecule has 0 aliphatic heterocycles. The molecule has 0 unspecified atom stereocenters. The summed E-state index contributed by atoms with van der Waals surface area (Å²) in [5, 5.41) is 7.15. The first-order valence-corrected chi connectivity index (χ1v) is 9.76. The molecular weight excluding hydrogens is 367 g/mol. The first kappa shape index (κ1) is 21.5. The lowest BCUT2D eigenvalue weighted by molar-refractivity contribution is 0.266. The van der Waals surface area contributed by atoms with Gasteiger partial charge < -0.3 is 20.1 Å². The zero-order valence-corrected chi connectivity index (χ0v) is 16.7. The van der Waals surface area contributed by atoms with Crippen LogP contribution in [0.4, 0.5) is 4.39 Å². The maximum atomic E-state index is 13.8. The monoisotopic (exact) mass is 394 g/mol. The standard InChI is InChI=1S/C21H28ClFN2O2/c1-3-24-10-7-11-25-14-16-12-18(22)21(20(13-16)26-4-2)27-15-17-8-5-6-9-19(17)23/h5-6,8-9,12-13,24-25H,3-4,7,10-11,14-15H2,1-2H3. The third kappa shape index (κ3) is 7.01. The maximum absolute atomic E-state index is 13.8. The fourth-order valence-corrected chi connectivity index (χ4v) is 2.93. The lowest BCUT2D eigenvalue weighted by atomic mass is 10.2. The van der Waals surface area contributed by atoms with Crippen LogP contribution in [0.5, 0.6) is 11.5 Å². The summed E-state index contributed by atoms with van der Waals surface area (Å²) in [5.74, 6) is 0.716. The average Bonchev–Trinajstić information content (AvgIpc) is 2.65. The molecule has 2 rings (SSSR count). The molecule has 4 nitrogen and oxygen atoms in total. The summed E-state index contributed by atoms with van der Waals surface area (Å²) in [5.41, 5.74) is 1.49. The fraction of sp³-hybridized carbons (Fsp3) is 0.429. The van der Waals surface area contributed by atoms with Crippen LogP contribution in [0.2, 0.25) is 5.02 Å². The topological polar surface area (TPSA) is 42.5 Å². The van der Waals surface area contributed by atoms with Crippen molar-refractivity contribution < 1.29 is 13.9 Å². The number of benzene rings is 2. The predicted octanol–water partition coefficient (Wildman–Crippen LogP) is 4.55. The Bertz CT molecular complexity index is 713. The first-order chi connectivity index (χ1) is 13.2. The zero-order chi connectivity index (χ0) is 19.5. The highest BCUT2D eigenvalue weighted by Gasteiger charge is 2.14. The second-order valence-corrected chi connectivity index (χ2v) is 6.51. The number of nitrogens with one attached hydrogen (secondary N) is 2. The Morgan fingerprint density at radius 1 is 1.04 bits per heavy atom. The molecule has 0 bridgehead atoms. The Balaban J connectivity index is 2.01. The molecule has 0 fully saturated rings. The molecule has 0 radical (unpaired) electrons. The van der Waals surface area contributed by atoms with Crippen molar-refractivity contribution in [2.24, 2.45) is 0 Å². The number of hydrogen-bond acceptors (Lipinski definition) is 4. The fourth-order valence-electron chi connectivity index (χ4n) is 2.64. The Morgan fingerprint density at radius 3 is 2.56 bits per heavy atom. The number of hydrogen-bond donors (Lipinski definition) is 2. The number of rotatable bonds is 12. The van der Waals surface area contributed by atoms with Crippen LogP contribution >= 0.6 is 11.6 Å². The van der Waals surface area contributed by atoms with E-state index >= 15 is 0 Å². The van der Waals surface area contributed by atoms with Gasteiger partial charge in [0, 0.05) is 12.1 Å². The molecular formula is C21H28ClFN2O2. The van der Waals surface area contributed by atoms with E-state index in [0.717, 1.165) is 31.6 Å². The summed E-state index contributed by atoms with van der Waals surface area (Å²) in [4.78, 5) is 0. The van der Waals surface area contributed by atoms with Crippen LogP contribution in [0.3, 0.4) is 0 Å². The molecule has 0 saturated carbocycles. The second-order valence-electron chi connectivity index (χ2n) is 6.10. The molecule has 27 heavy (non-hydrogen) atoms. The molecule has 2 N–H and O–H groups in total. The summed E-state index contributed by atoms with van der Waals surface area (Å²) < 4.78 is 25.3. The van der Waals surface area contributed by atoms with Crippen molar-refractivity contribution in [3.8, 4) is 11.5 Å². The van der Waals surface area contributed by atoms with Crippen molar-refractivity contribution in [1.82, 2.24) is 10.6 Å². The number of halogens is 2. The van der Waals surface area contributed by atoms with E-state index in [4.69, 9.17) is 21.1 Å². The summed E-state index contributed by atoms with van der Waals surface area (Å²) in [6.07, 6.45) is 1.06. The highest BCUT2D eigenvalue weighted by molar-refractivity contribution is 6.32. The van der Waals surface area contributed by atoms with Crippen molar-refractivity contribution in [3.05, 3.63) is 58.4 Å². The Hall–Kier alpha value is -1.82. The van der Waals surface area contributed by atoms with Gasteiger partial charge >= 0.3 is 0 Å². The minimum absolute atomic E-state index is 0.0918. The smallest absolute Gasteiger partial charge is 0.180 e. The normalized spacial score (nSPS) is 10.8. The van der Waals surface area contributed by atoms with Crippen LogP contribution in [-0.2, 0) is 13.2 Å². The van der Waals surface area contributed by atoms with E-state index in [-0.39, 0.29) is 12.4 Å². The van der Waals surface area contributed by atoms with E-state index in [1.54, 1.807) is 18.2 Å². The molecule has 6 heteroatoms. The van der Waals surface area contributed by atoms with E-state index in [2.05, 4.69) is 17.6 Å². The summed E-state index contributed by atoms with van der Waals surface area (Å²) in [6, 6.07) is 10.3. The first-order valence-electron chi connectivity index (χ1n) is 9.38. The molecule has 0 heterocycles. The molecule has 0 saturated heterocycles. The van der Waals surface area contributed by atoms with Crippen molar-refractivity contribution >= 4 is 11.6 Å². The SMILES string of the molecule is CCNCCCNCc1cc(Cl)c(OCc2ccccc2F)c(OCC)c1. The molecule has 2 aromatic carbocycles. The lowest BCUT2D eigenvalue weighted by Gasteiger charge is -2.16. The van der Waals surface area contributed by atoms with E-state index in [9.17, 15) is 4.39 Å². The average molecular weight is 395 g/mol. The largest absolute Gasteiger partial charge is 0.490 e. The molecule has 148 valence electrons. The van der Waals surface area contributed by atoms with Gasteiger partial charge in [-0.2, -0.15) is 0 Å². The Labute approximate surface area is 166 Å². The van der Waals surface area contributed by atoms with Crippen molar-refractivity contribution in [3.63, 3.8) is 0 Å². The molecule has 2 aromatic rings. The van der Waals surface area contributed by atoms with E-state index in [0.29, 0.717) is 35.2 Å². The summed E-state index contributed by atoms with van der Waals surface area (Å²) in [6.45, 7) is 8.18. The van der Waals surface area contributed by atoms with Crippen molar-refractivity contribution in [2.45, 2.75) is 33.4 Å². The molecule has 0 aliphatic carbocycles. The molecule has 0 amide bonds. The van der Waals surface area contributed by atoms with Crippen LogP contribution in [0.15, 0.2) is 36.4 Å². The third-order valence-corrected chi connectivity index (χ3v) is 4.27. The van der Waals surface area contributed by atoms with Gasteiger partial charge in [-0.15, -0.1) is 0 Å². The van der Waals surface area contributed by atoms with Gasteiger partial charge in [0.05, 0.1) is 11.6 Å². The minimum Gasteiger partial charge on any atom is -0.490 e. The van der Waals surface area contributed by atoms with Crippen LogP contribution in [-0.4, -0.2) is 26.2 Å². The maximum Gasteiger partial charge on any atom is 0.180 e. The van der Waals surface area contributed by atoms with Gasteiger partial charge in [-0.05, 0) is 56.7 Å². The van der Waals surface area contributed by atoms with Crippen molar-refractivity contribution in [2.75, 3.05) is 26.2 Å². The highest BCUT2D eigenvalue weighted by atomic mass is 35.5. The summed E-state index contributed by atoms with van der Waals surface area (Å²) in [7, 11) is 0. The lowest BCUT2D eigenvalue weighted by Crippen LogP contribution is -2.21. The molecule has 0 atom stereocenters. The van der Waals surface area contributed by atoms with E-state index in [1.165, 1.54) is 6.07 Å². The number of ether oxygens (including phenoxy) is 2. The minimum atomic E-state index is -0.301. The van der Waals surface area contributed by atoms with Gasteiger partial charge in [-0.1, -0.05) is 36.7 Å². The van der Waals surface area contributed by atoms with Crippen LogP contribution in [0, 0.1) is 5.82 Å². The van der Waals surface area contributed by atoms with Gasteiger partial charge in [-0.25, -0.2) is 4.39 Å². The van der Waals surface area contributed by atoms with Crippen molar-refractivity contribution in [1.29, 1.82) is 0 Å². The van der Waals surface area contributed by atoms with E-state index < -0.39 is 0 Å². The predicted molar refractivity (Wildman–Crippen MR) is 108 cm³/mol. The zero-order valence-electron chi connectivity index (χ0n) is 16.0.